The maximum absolute atomic E-state index is 12.0. The number of hydrogen-bond donors (Lipinski definition) is 1. The van der Waals surface area contributed by atoms with Gasteiger partial charge >= 0.3 is 5.97 Å². The number of anilines is 2. The van der Waals surface area contributed by atoms with Gasteiger partial charge in [-0.3, -0.25) is 0 Å². The van der Waals surface area contributed by atoms with Gasteiger partial charge in [0, 0.05) is 42.5 Å². The topological polar surface area (TPSA) is 96.9 Å². The molecule has 476 valence electrons. The molecule has 5 aromatic rings. The predicted octanol–water partition coefficient (Wildman–Crippen LogP) is 21.2. The van der Waals surface area contributed by atoms with Gasteiger partial charge in [-0.05, 0) is 158 Å². The third-order valence-electron chi connectivity index (χ3n) is 20.9. The van der Waals surface area contributed by atoms with Crippen LogP contribution in [-0.4, -0.2) is 65.5 Å². The molecule has 10 atom stereocenters. The molecule has 10 rings (SSSR count). The minimum absolute atomic E-state index is 0. The first-order chi connectivity index (χ1) is 41.9. The van der Waals surface area contributed by atoms with Crippen molar-refractivity contribution in [2.45, 2.75) is 300 Å². The molecule has 0 saturated carbocycles. The van der Waals surface area contributed by atoms with Gasteiger partial charge in [-0.2, -0.15) is 0 Å². The Bertz CT molecular complexity index is 2940. The summed E-state index contributed by atoms with van der Waals surface area (Å²) in [5, 5.41) is 34.8. The average molecular weight is 1250 g/mol. The summed E-state index contributed by atoms with van der Waals surface area (Å²) in [6, 6.07) is 42.0. The van der Waals surface area contributed by atoms with Crippen LogP contribution in [0.4, 0.5) is 11.4 Å². The quantitative estimate of drug-likeness (QED) is 0.0605. The number of carboxylic acids is 1. The molecule has 5 fully saturated rings. The third kappa shape index (κ3) is 16.6. The molecule has 8 bridgehead atoms. The fourth-order valence-electron chi connectivity index (χ4n) is 15.5. The van der Waals surface area contributed by atoms with Gasteiger partial charge in [0.05, 0.1) is 5.56 Å². The number of fused-ring (bicyclic) bond motifs is 8. The standard InChI is InChI=1S/C81H109N5O2.Zn/c1-15-17-19-21-23-53-27-34-63(35-28-53)86(64-36-29-54(30-37-64)24-22-20-18-16-2)76-72-45-43-70(84-72)74(57-47-59(78(3,4)5)51-60(48-57)79(6,7)8)68-41-39-66(82-68)65(38-31-55-25-32-56(33-26-55)77(87)88)67-40-42-69(83-67)75(71-44-46-73(76)85-71)58-49-61(80(9,10)11)52-62(50-58)81(12,13)14;/h25-30,32-37,47-52,65-76H,15-24,39-46H2,1-14H3,(H,87,88);/q-4;. The molecule has 0 spiro atoms. The molecule has 5 aliphatic rings. The normalized spacial score (nSPS) is 26.4. The summed E-state index contributed by atoms with van der Waals surface area (Å²) in [6.07, 6.45) is 20.1. The Labute approximate surface area is 552 Å². The van der Waals surface area contributed by atoms with Crippen molar-refractivity contribution in [1.82, 2.24) is 0 Å². The van der Waals surface area contributed by atoms with E-state index >= 15 is 0 Å². The Hall–Kier alpha value is -4.61. The van der Waals surface area contributed by atoms with E-state index in [1.54, 1.807) is 12.1 Å². The van der Waals surface area contributed by atoms with Gasteiger partial charge in [-0.1, -0.05) is 259 Å². The Morgan fingerprint density at radius 2 is 0.787 bits per heavy atom. The van der Waals surface area contributed by atoms with Crippen LogP contribution in [0.2, 0.25) is 0 Å². The Kier molecular flexibility index (Phi) is 22.5. The molecule has 89 heavy (non-hydrogen) atoms. The molecule has 5 heterocycles. The van der Waals surface area contributed by atoms with Crippen molar-refractivity contribution in [3.8, 4) is 11.8 Å². The number of unbranched alkanes of at least 4 members (excludes halogenated alkanes) is 6. The van der Waals surface area contributed by atoms with Crippen LogP contribution in [0, 0.1) is 17.8 Å². The Balaban J connectivity index is 0.00000941. The molecule has 5 saturated heterocycles. The first-order valence-corrected chi connectivity index (χ1v) is 34.8. The second-order valence-electron chi connectivity index (χ2n) is 31.7. The van der Waals surface area contributed by atoms with E-state index in [0.29, 0.717) is 0 Å². The molecule has 5 aliphatic heterocycles. The van der Waals surface area contributed by atoms with Gasteiger partial charge < -0.3 is 31.3 Å². The minimum atomic E-state index is -0.928. The number of rotatable bonds is 16. The van der Waals surface area contributed by atoms with Gasteiger partial charge in [0.1, 0.15) is 0 Å². The molecule has 0 aliphatic carbocycles. The maximum Gasteiger partial charge on any atom is 0.335 e. The zero-order valence-corrected chi connectivity index (χ0v) is 60.3. The molecule has 0 aromatic heterocycles. The summed E-state index contributed by atoms with van der Waals surface area (Å²) in [5.74, 6) is 6.65. The third-order valence-corrected chi connectivity index (χ3v) is 20.9. The summed E-state index contributed by atoms with van der Waals surface area (Å²) >= 11 is 0. The fourth-order valence-corrected chi connectivity index (χ4v) is 15.5. The molecular formula is C81H109N5O2Zn-4. The van der Waals surface area contributed by atoms with Crippen LogP contribution < -0.4 is 4.90 Å². The van der Waals surface area contributed by atoms with Crippen molar-refractivity contribution in [3.63, 3.8) is 0 Å². The first kappa shape index (κ1) is 68.8. The van der Waals surface area contributed by atoms with E-state index < -0.39 is 5.97 Å². The van der Waals surface area contributed by atoms with Crippen LogP contribution in [-0.2, 0) is 54.0 Å². The second-order valence-corrected chi connectivity index (χ2v) is 31.7. The van der Waals surface area contributed by atoms with Gasteiger partial charge in [0.2, 0.25) is 0 Å². The van der Waals surface area contributed by atoms with E-state index in [1.807, 2.05) is 12.1 Å². The van der Waals surface area contributed by atoms with Crippen LogP contribution in [0.5, 0.6) is 0 Å². The van der Waals surface area contributed by atoms with Crippen molar-refractivity contribution in [2.24, 2.45) is 5.92 Å². The van der Waals surface area contributed by atoms with E-state index in [0.717, 1.165) is 69.8 Å². The van der Waals surface area contributed by atoms with E-state index in [-0.39, 0.29) is 119 Å². The van der Waals surface area contributed by atoms with Crippen LogP contribution in [0.3, 0.4) is 0 Å². The van der Waals surface area contributed by atoms with Gasteiger partial charge in [-0.15, -0.1) is 48.3 Å². The number of benzene rings is 5. The van der Waals surface area contributed by atoms with Crippen LogP contribution in [0.1, 0.15) is 272 Å². The molecular weight excluding hydrogens is 1140 g/mol. The molecule has 0 radical (unpaired) electrons. The van der Waals surface area contributed by atoms with Crippen molar-refractivity contribution >= 4 is 17.3 Å². The summed E-state index contributed by atoms with van der Waals surface area (Å²) in [7, 11) is 0. The number of aromatic carboxylic acids is 1. The zero-order chi connectivity index (χ0) is 62.7. The molecule has 8 heteroatoms. The molecule has 0 amide bonds. The average Bonchev–Trinajstić information content (AvgIpc) is 1.84. The summed E-state index contributed by atoms with van der Waals surface area (Å²) in [6.45, 7) is 33.0. The van der Waals surface area contributed by atoms with E-state index in [2.05, 4.69) is 199 Å². The number of hydrogen-bond acceptors (Lipinski definition) is 2. The van der Waals surface area contributed by atoms with Gasteiger partial charge in [0.15, 0.2) is 0 Å². The Morgan fingerprint density at radius 1 is 0.449 bits per heavy atom. The largest absolute Gasteiger partial charge is 0.655 e. The number of aryl methyl sites for hydroxylation is 2. The van der Waals surface area contributed by atoms with Gasteiger partial charge in [-0.25, -0.2) is 4.79 Å². The zero-order valence-electron chi connectivity index (χ0n) is 57.3. The molecule has 5 aromatic carbocycles. The Morgan fingerprint density at radius 3 is 1.12 bits per heavy atom. The SMILES string of the molecule is CCCCCCc1ccc(N(c2ccc(CCCCCC)cc2)C2C3CCC([N-]3)C(c3cc(C(C)(C)C)cc(C(C)(C)C)c3)C3CCC([N-]3)C(C#Cc3ccc(C(=O)O)cc3)C3CCC([N-]3)C(c3cc(C(C)(C)C)cc(C(C)(C)C)c3)C3CCC2[N-]3)cc1.[Zn]. The maximum atomic E-state index is 12.0. The molecule has 1 N–H and O–H groups in total. The summed E-state index contributed by atoms with van der Waals surface area (Å²) < 4.78 is 0. The van der Waals surface area contributed by atoms with Crippen LogP contribution in [0.15, 0.2) is 109 Å². The van der Waals surface area contributed by atoms with Crippen LogP contribution in [0.25, 0.3) is 21.3 Å². The van der Waals surface area contributed by atoms with Gasteiger partial charge in [0.25, 0.3) is 0 Å². The van der Waals surface area contributed by atoms with E-state index in [9.17, 15) is 9.90 Å². The minimum Gasteiger partial charge on any atom is -0.655 e. The van der Waals surface area contributed by atoms with Crippen molar-refractivity contribution in [1.29, 1.82) is 0 Å². The van der Waals surface area contributed by atoms with E-state index in [4.69, 9.17) is 21.3 Å². The molecule has 10 unspecified atom stereocenters. The van der Waals surface area contributed by atoms with E-state index in [1.165, 1.54) is 107 Å². The summed E-state index contributed by atoms with van der Waals surface area (Å²) in [5.41, 5.74) is 14.5. The number of carboxylic acid groups (broad SMARTS) is 1. The number of carbonyl (C=O) groups is 1. The smallest absolute Gasteiger partial charge is 0.335 e. The van der Waals surface area contributed by atoms with Crippen molar-refractivity contribution < 1.29 is 29.4 Å². The van der Waals surface area contributed by atoms with Crippen molar-refractivity contribution in [3.05, 3.63) is 186 Å². The summed E-state index contributed by atoms with van der Waals surface area (Å²) in [4.78, 5) is 14.7. The predicted molar refractivity (Wildman–Crippen MR) is 372 cm³/mol. The van der Waals surface area contributed by atoms with Crippen molar-refractivity contribution in [2.75, 3.05) is 4.90 Å². The van der Waals surface area contributed by atoms with Crippen LogP contribution >= 0.6 is 0 Å². The molecule has 7 nitrogen and oxygen atoms in total. The second kappa shape index (κ2) is 29.1. The monoisotopic (exact) mass is 1250 g/mol. The number of nitrogens with zero attached hydrogens (tertiary/aromatic N) is 5. The first-order valence-electron chi connectivity index (χ1n) is 34.8. The fraction of sp³-hybridized carbons (Fsp3) is 0.593.